The zero-order valence-corrected chi connectivity index (χ0v) is 12.9. The van der Waals surface area contributed by atoms with Gasteiger partial charge in [0.2, 0.25) is 0 Å². The third kappa shape index (κ3) is 2.99. The molecule has 1 atom stereocenters. The maximum atomic E-state index is 6.03. The molecule has 0 radical (unpaired) electrons. The molecule has 3 rings (SSSR count). The Bertz CT molecular complexity index is 642. The van der Waals surface area contributed by atoms with Crippen LogP contribution >= 0.6 is 11.6 Å². The van der Waals surface area contributed by atoms with Crippen molar-refractivity contribution in [2.24, 2.45) is 5.73 Å². The molecule has 0 amide bonds. The zero-order valence-electron chi connectivity index (χ0n) is 12.1. The summed E-state index contributed by atoms with van der Waals surface area (Å²) in [5.41, 5.74) is 10.9. The molecule has 110 valence electrons. The first-order valence-electron chi connectivity index (χ1n) is 7.23. The summed E-state index contributed by atoms with van der Waals surface area (Å²) in [7, 11) is 2.14. The van der Waals surface area contributed by atoms with Crippen LogP contribution in [0, 0.1) is 0 Å². The summed E-state index contributed by atoms with van der Waals surface area (Å²) in [5.74, 6) is 0. The maximum Gasteiger partial charge on any atom is 0.0636 e. The van der Waals surface area contributed by atoms with Gasteiger partial charge in [-0.25, -0.2) is 0 Å². The number of halogens is 1. The van der Waals surface area contributed by atoms with Crippen LogP contribution in [-0.4, -0.2) is 20.1 Å². The second-order valence-corrected chi connectivity index (χ2v) is 5.94. The van der Waals surface area contributed by atoms with E-state index in [-0.39, 0.29) is 6.04 Å². The average molecular weight is 302 g/mol. The molecule has 0 saturated heterocycles. The van der Waals surface area contributed by atoms with Gasteiger partial charge in [-0.05, 0) is 41.8 Å². The average Bonchev–Trinajstić information content (AvgIpc) is 2.86. The van der Waals surface area contributed by atoms with Crippen LogP contribution in [0.15, 0.2) is 42.5 Å². The molecule has 0 fully saturated rings. The van der Waals surface area contributed by atoms with Crippen molar-refractivity contribution in [3.63, 3.8) is 0 Å². The second-order valence-electron chi connectivity index (χ2n) is 5.50. The van der Waals surface area contributed by atoms with Gasteiger partial charge in [0.15, 0.2) is 0 Å². The zero-order chi connectivity index (χ0) is 14.8. The standard InChI is InChI=1S/C17H20ClN3/c1-21-8-7-13-9-12(5-6-17(13)21)16(11-19)20-15-4-2-3-14(18)10-15/h2-6,9-10,16,20H,7-8,11,19H2,1H3. The fraction of sp³-hybridized carbons (Fsp3) is 0.294. The molecule has 0 bridgehead atoms. The molecule has 3 N–H and O–H groups in total. The minimum absolute atomic E-state index is 0.0969. The summed E-state index contributed by atoms with van der Waals surface area (Å²) < 4.78 is 0. The molecule has 3 nitrogen and oxygen atoms in total. The number of likely N-dealkylation sites (N-methyl/N-ethyl adjacent to an activating group) is 1. The third-order valence-electron chi connectivity index (χ3n) is 4.03. The Balaban J connectivity index is 1.83. The summed E-state index contributed by atoms with van der Waals surface area (Å²) in [6, 6.07) is 14.5. The van der Waals surface area contributed by atoms with E-state index in [1.165, 1.54) is 16.8 Å². The van der Waals surface area contributed by atoms with Crippen LogP contribution in [0.25, 0.3) is 0 Å². The van der Waals surface area contributed by atoms with Crippen LogP contribution in [0.1, 0.15) is 17.2 Å². The maximum absolute atomic E-state index is 6.03. The van der Waals surface area contributed by atoms with Crippen molar-refractivity contribution >= 4 is 23.0 Å². The Kier molecular flexibility index (Phi) is 4.04. The van der Waals surface area contributed by atoms with Crippen LogP contribution in [0.5, 0.6) is 0 Å². The highest BCUT2D eigenvalue weighted by Gasteiger charge is 2.18. The van der Waals surface area contributed by atoms with E-state index in [0.29, 0.717) is 6.54 Å². The van der Waals surface area contributed by atoms with Crippen LogP contribution in [0.3, 0.4) is 0 Å². The SMILES string of the molecule is CN1CCc2cc(C(CN)Nc3cccc(Cl)c3)ccc21. The van der Waals surface area contributed by atoms with Gasteiger partial charge >= 0.3 is 0 Å². The minimum Gasteiger partial charge on any atom is -0.377 e. The number of nitrogens with two attached hydrogens (primary N) is 1. The van der Waals surface area contributed by atoms with Crippen molar-refractivity contribution < 1.29 is 0 Å². The highest BCUT2D eigenvalue weighted by molar-refractivity contribution is 6.30. The van der Waals surface area contributed by atoms with Gasteiger partial charge < -0.3 is 16.0 Å². The van der Waals surface area contributed by atoms with Crippen LogP contribution in [0.2, 0.25) is 5.02 Å². The Morgan fingerprint density at radius 2 is 2.14 bits per heavy atom. The summed E-state index contributed by atoms with van der Waals surface area (Å²) in [6.07, 6.45) is 1.11. The summed E-state index contributed by atoms with van der Waals surface area (Å²) in [6.45, 7) is 1.63. The van der Waals surface area contributed by atoms with Crippen molar-refractivity contribution in [3.05, 3.63) is 58.6 Å². The number of nitrogens with one attached hydrogen (secondary N) is 1. The Morgan fingerprint density at radius 1 is 1.29 bits per heavy atom. The first-order valence-corrected chi connectivity index (χ1v) is 7.61. The lowest BCUT2D eigenvalue weighted by atomic mass is 10.0. The van der Waals surface area contributed by atoms with Gasteiger partial charge in [0.1, 0.15) is 0 Å². The van der Waals surface area contributed by atoms with Crippen molar-refractivity contribution in [1.29, 1.82) is 0 Å². The van der Waals surface area contributed by atoms with Gasteiger partial charge in [-0.1, -0.05) is 29.8 Å². The quantitative estimate of drug-likeness (QED) is 0.909. The van der Waals surface area contributed by atoms with Gasteiger partial charge in [0, 0.05) is 36.5 Å². The van der Waals surface area contributed by atoms with Crippen LogP contribution in [-0.2, 0) is 6.42 Å². The lowest BCUT2D eigenvalue weighted by molar-refractivity contribution is 0.789. The first kappa shape index (κ1) is 14.2. The molecular weight excluding hydrogens is 282 g/mol. The topological polar surface area (TPSA) is 41.3 Å². The number of nitrogens with zero attached hydrogens (tertiary/aromatic N) is 1. The number of hydrogen-bond donors (Lipinski definition) is 2. The molecule has 0 saturated carbocycles. The Morgan fingerprint density at radius 3 is 2.90 bits per heavy atom. The van der Waals surface area contributed by atoms with Crippen molar-refractivity contribution in [2.75, 3.05) is 30.4 Å². The monoisotopic (exact) mass is 301 g/mol. The molecule has 1 aliphatic rings. The van der Waals surface area contributed by atoms with E-state index < -0.39 is 0 Å². The molecule has 0 spiro atoms. The van der Waals surface area contributed by atoms with Crippen LogP contribution in [0.4, 0.5) is 11.4 Å². The van der Waals surface area contributed by atoms with E-state index in [9.17, 15) is 0 Å². The van der Waals surface area contributed by atoms with Gasteiger partial charge in [-0.3, -0.25) is 0 Å². The van der Waals surface area contributed by atoms with Gasteiger partial charge in [0.05, 0.1) is 6.04 Å². The molecular formula is C17H20ClN3. The van der Waals surface area contributed by atoms with Gasteiger partial charge in [-0.15, -0.1) is 0 Å². The van der Waals surface area contributed by atoms with Crippen molar-refractivity contribution in [1.82, 2.24) is 0 Å². The number of hydrogen-bond acceptors (Lipinski definition) is 3. The predicted molar refractivity (Wildman–Crippen MR) is 90.3 cm³/mol. The molecule has 1 heterocycles. The molecule has 2 aromatic rings. The van der Waals surface area contributed by atoms with E-state index >= 15 is 0 Å². The predicted octanol–water partition coefficient (Wildman–Crippen LogP) is 3.44. The Labute approximate surface area is 130 Å². The van der Waals surface area contributed by atoms with Crippen molar-refractivity contribution in [2.45, 2.75) is 12.5 Å². The number of benzene rings is 2. The van der Waals surface area contributed by atoms with E-state index in [2.05, 4.69) is 35.5 Å². The lowest BCUT2D eigenvalue weighted by Crippen LogP contribution is -2.20. The van der Waals surface area contributed by atoms with E-state index in [0.717, 1.165) is 23.7 Å². The largest absolute Gasteiger partial charge is 0.377 e. The number of fused-ring (bicyclic) bond motifs is 1. The summed E-state index contributed by atoms with van der Waals surface area (Å²) in [5, 5.41) is 4.19. The molecule has 0 aromatic heterocycles. The van der Waals surface area contributed by atoms with Crippen molar-refractivity contribution in [3.8, 4) is 0 Å². The fourth-order valence-corrected chi connectivity index (χ4v) is 3.05. The van der Waals surface area contributed by atoms with E-state index in [1.54, 1.807) is 0 Å². The first-order chi connectivity index (χ1) is 10.2. The highest BCUT2D eigenvalue weighted by atomic mass is 35.5. The number of rotatable bonds is 4. The molecule has 2 aromatic carbocycles. The van der Waals surface area contributed by atoms with Gasteiger partial charge in [-0.2, -0.15) is 0 Å². The van der Waals surface area contributed by atoms with E-state index in [1.807, 2.05) is 24.3 Å². The molecule has 0 aliphatic carbocycles. The van der Waals surface area contributed by atoms with Gasteiger partial charge in [0.25, 0.3) is 0 Å². The molecule has 1 aliphatic heterocycles. The molecule has 4 heteroatoms. The third-order valence-corrected chi connectivity index (χ3v) is 4.27. The number of anilines is 2. The lowest BCUT2D eigenvalue weighted by Gasteiger charge is -2.20. The second kappa shape index (κ2) is 5.96. The fourth-order valence-electron chi connectivity index (χ4n) is 2.86. The smallest absolute Gasteiger partial charge is 0.0636 e. The Hall–Kier alpha value is -1.71. The van der Waals surface area contributed by atoms with Crippen LogP contribution < -0.4 is 16.0 Å². The highest BCUT2D eigenvalue weighted by Crippen LogP contribution is 2.30. The van der Waals surface area contributed by atoms with E-state index in [4.69, 9.17) is 17.3 Å². The normalized spacial score (nSPS) is 14.9. The molecule has 21 heavy (non-hydrogen) atoms. The summed E-state index contributed by atoms with van der Waals surface area (Å²) >= 11 is 6.03. The molecule has 1 unspecified atom stereocenters. The minimum atomic E-state index is 0.0969. The summed E-state index contributed by atoms with van der Waals surface area (Å²) in [4.78, 5) is 2.29.